The molecule has 0 saturated carbocycles. The SMILES string of the molecule is CCN(C(=O)CCn1cnc2c(C)cccc2c1=O)c1cccc2ccccc12. The lowest BCUT2D eigenvalue weighted by molar-refractivity contribution is -0.118. The number of para-hydroxylation sites is 1. The lowest BCUT2D eigenvalue weighted by Crippen LogP contribution is -2.32. The van der Waals surface area contributed by atoms with E-state index >= 15 is 0 Å². The summed E-state index contributed by atoms with van der Waals surface area (Å²) in [6.07, 6.45) is 1.77. The van der Waals surface area contributed by atoms with Crippen LogP contribution in [0.4, 0.5) is 5.69 Å². The normalized spacial score (nSPS) is 11.1. The maximum atomic E-state index is 13.0. The molecule has 0 radical (unpaired) electrons. The van der Waals surface area contributed by atoms with Gasteiger partial charge in [-0.2, -0.15) is 0 Å². The minimum Gasteiger partial charge on any atom is -0.312 e. The van der Waals surface area contributed by atoms with E-state index in [-0.39, 0.29) is 17.9 Å². The van der Waals surface area contributed by atoms with Crippen molar-refractivity contribution in [3.05, 3.63) is 82.9 Å². The van der Waals surface area contributed by atoms with Crippen molar-refractivity contribution in [1.82, 2.24) is 9.55 Å². The third-order valence-electron chi connectivity index (χ3n) is 5.30. The first-order valence-electron chi connectivity index (χ1n) is 9.83. The van der Waals surface area contributed by atoms with Gasteiger partial charge in [-0.05, 0) is 36.9 Å². The number of aryl methyl sites for hydroxylation is 2. The molecule has 0 atom stereocenters. The van der Waals surface area contributed by atoms with Crippen LogP contribution in [-0.2, 0) is 11.3 Å². The molecule has 3 aromatic carbocycles. The summed E-state index contributed by atoms with van der Waals surface area (Å²) in [5, 5.41) is 2.73. The fourth-order valence-electron chi connectivity index (χ4n) is 3.77. The van der Waals surface area contributed by atoms with Gasteiger partial charge in [-0.25, -0.2) is 4.98 Å². The second kappa shape index (κ2) is 7.87. The van der Waals surface area contributed by atoms with Crippen molar-refractivity contribution >= 4 is 33.3 Å². The van der Waals surface area contributed by atoms with Gasteiger partial charge in [0.05, 0.1) is 22.9 Å². The molecule has 0 fully saturated rings. The minimum absolute atomic E-state index is 0.0138. The Morgan fingerprint density at radius 2 is 1.72 bits per heavy atom. The van der Waals surface area contributed by atoms with E-state index in [1.165, 1.54) is 4.57 Å². The monoisotopic (exact) mass is 385 g/mol. The molecule has 29 heavy (non-hydrogen) atoms. The van der Waals surface area contributed by atoms with Gasteiger partial charge in [0, 0.05) is 24.9 Å². The summed E-state index contributed by atoms with van der Waals surface area (Å²) in [4.78, 5) is 32.0. The number of carbonyl (C=O) groups is 1. The summed E-state index contributed by atoms with van der Waals surface area (Å²) in [5.74, 6) is -0.0138. The van der Waals surface area contributed by atoms with E-state index in [2.05, 4.69) is 4.98 Å². The van der Waals surface area contributed by atoms with Crippen LogP contribution in [-0.4, -0.2) is 22.0 Å². The molecule has 0 N–H and O–H groups in total. The molecule has 5 heteroatoms. The predicted octanol–water partition coefficient (Wildman–Crippen LogP) is 4.30. The van der Waals surface area contributed by atoms with Crippen molar-refractivity contribution in [3.8, 4) is 0 Å². The number of aromatic nitrogens is 2. The van der Waals surface area contributed by atoms with Gasteiger partial charge in [0.1, 0.15) is 0 Å². The van der Waals surface area contributed by atoms with Crippen LogP contribution in [0.2, 0.25) is 0 Å². The van der Waals surface area contributed by atoms with Crippen LogP contribution in [0.25, 0.3) is 21.7 Å². The Balaban J connectivity index is 1.60. The van der Waals surface area contributed by atoms with E-state index in [0.717, 1.165) is 22.0 Å². The second-order valence-corrected chi connectivity index (χ2v) is 7.10. The molecule has 1 aromatic heterocycles. The topological polar surface area (TPSA) is 55.2 Å². The molecule has 0 saturated heterocycles. The lowest BCUT2D eigenvalue weighted by Gasteiger charge is -2.23. The molecule has 0 unspecified atom stereocenters. The van der Waals surface area contributed by atoms with Crippen molar-refractivity contribution in [3.63, 3.8) is 0 Å². The first kappa shape index (κ1) is 18.9. The van der Waals surface area contributed by atoms with Crippen LogP contribution in [0.1, 0.15) is 18.9 Å². The van der Waals surface area contributed by atoms with Crippen molar-refractivity contribution < 1.29 is 4.79 Å². The number of anilines is 1. The molecule has 1 heterocycles. The molecule has 0 spiro atoms. The summed E-state index contributed by atoms with van der Waals surface area (Å²) in [6, 6.07) is 19.6. The molecular weight excluding hydrogens is 362 g/mol. The molecule has 0 bridgehead atoms. The van der Waals surface area contributed by atoms with Gasteiger partial charge in [-0.1, -0.05) is 48.5 Å². The van der Waals surface area contributed by atoms with Gasteiger partial charge in [0.2, 0.25) is 5.91 Å². The van der Waals surface area contributed by atoms with Gasteiger partial charge in [0.15, 0.2) is 0 Å². The fraction of sp³-hybridized carbons (Fsp3) is 0.208. The first-order valence-corrected chi connectivity index (χ1v) is 9.83. The zero-order valence-corrected chi connectivity index (χ0v) is 16.6. The smallest absolute Gasteiger partial charge is 0.261 e. The maximum Gasteiger partial charge on any atom is 0.261 e. The molecule has 4 aromatic rings. The maximum absolute atomic E-state index is 13.0. The van der Waals surface area contributed by atoms with Crippen LogP contribution in [0.5, 0.6) is 0 Å². The largest absolute Gasteiger partial charge is 0.312 e. The number of benzene rings is 3. The quantitative estimate of drug-likeness (QED) is 0.515. The van der Waals surface area contributed by atoms with Crippen molar-refractivity contribution in [2.75, 3.05) is 11.4 Å². The van der Waals surface area contributed by atoms with Gasteiger partial charge < -0.3 is 4.90 Å². The molecule has 1 amide bonds. The van der Waals surface area contributed by atoms with Crippen LogP contribution in [0.15, 0.2) is 71.8 Å². The Bertz CT molecular complexity index is 1250. The van der Waals surface area contributed by atoms with E-state index in [1.54, 1.807) is 17.3 Å². The van der Waals surface area contributed by atoms with Gasteiger partial charge in [-0.3, -0.25) is 14.2 Å². The number of carbonyl (C=O) groups excluding carboxylic acids is 1. The average molecular weight is 385 g/mol. The van der Waals surface area contributed by atoms with Crippen molar-refractivity contribution in [2.24, 2.45) is 0 Å². The Labute approximate surface area is 169 Å². The highest BCUT2D eigenvalue weighted by Crippen LogP contribution is 2.27. The molecule has 146 valence electrons. The summed E-state index contributed by atoms with van der Waals surface area (Å²) in [5.41, 5.74) is 2.47. The van der Waals surface area contributed by atoms with E-state index in [9.17, 15) is 9.59 Å². The standard InChI is InChI=1S/C24H23N3O2/c1-3-27(21-13-7-10-18-9-4-5-11-19(18)21)22(28)14-15-26-16-25-23-17(2)8-6-12-20(23)24(26)29/h4-13,16H,3,14-15H2,1-2H3. The molecule has 0 aliphatic rings. The van der Waals surface area contributed by atoms with E-state index < -0.39 is 0 Å². The van der Waals surface area contributed by atoms with Crippen LogP contribution in [0.3, 0.4) is 0 Å². The summed E-state index contributed by atoms with van der Waals surface area (Å²) >= 11 is 0. The average Bonchev–Trinajstić information content (AvgIpc) is 2.74. The van der Waals surface area contributed by atoms with Crippen LogP contribution < -0.4 is 10.5 Å². The summed E-state index contributed by atoms with van der Waals surface area (Å²) in [7, 11) is 0. The molecule has 4 rings (SSSR count). The summed E-state index contributed by atoms with van der Waals surface area (Å²) < 4.78 is 1.52. The Hall–Kier alpha value is -3.47. The van der Waals surface area contributed by atoms with Crippen molar-refractivity contribution in [2.45, 2.75) is 26.8 Å². The third kappa shape index (κ3) is 3.51. The van der Waals surface area contributed by atoms with Crippen molar-refractivity contribution in [1.29, 1.82) is 0 Å². The minimum atomic E-state index is -0.111. The lowest BCUT2D eigenvalue weighted by atomic mass is 10.1. The number of amides is 1. The van der Waals surface area contributed by atoms with Crippen LogP contribution >= 0.6 is 0 Å². The molecular formula is C24H23N3O2. The van der Waals surface area contributed by atoms with E-state index in [4.69, 9.17) is 0 Å². The molecule has 0 aliphatic carbocycles. The Kier molecular flexibility index (Phi) is 5.12. The van der Waals surface area contributed by atoms with Gasteiger partial charge in [-0.15, -0.1) is 0 Å². The number of fused-ring (bicyclic) bond motifs is 2. The third-order valence-corrected chi connectivity index (χ3v) is 5.30. The number of hydrogen-bond acceptors (Lipinski definition) is 3. The first-order chi connectivity index (χ1) is 14.1. The highest BCUT2D eigenvalue weighted by atomic mass is 16.2. The zero-order valence-electron chi connectivity index (χ0n) is 16.6. The van der Waals surface area contributed by atoms with E-state index in [0.29, 0.717) is 24.0 Å². The van der Waals surface area contributed by atoms with E-state index in [1.807, 2.05) is 68.4 Å². The molecule has 0 aliphatic heterocycles. The number of hydrogen-bond donors (Lipinski definition) is 0. The zero-order chi connectivity index (χ0) is 20.4. The number of rotatable bonds is 5. The molecule has 5 nitrogen and oxygen atoms in total. The fourth-order valence-corrected chi connectivity index (χ4v) is 3.77. The van der Waals surface area contributed by atoms with Crippen LogP contribution in [0, 0.1) is 6.92 Å². The Morgan fingerprint density at radius 1 is 1.00 bits per heavy atom. The highest BCUT2D eigenvalue weighted by Gasteiger charge is 2.16. The Morgan fingerprint density at radius 3 is 2.55 bits per heavy atom. The van der Waals surface area contributed by atoms with Gasteiger partial charge in [0.25, 0.3) is 5.56 Å². The predicted molar refractivity (Wildman–Crippen MR) is 117 cm³/mol. The summed E-state index contributed by atoms with van der Waals surface area (Å²) in [6.45, 7) is 4.77. The van der Waals surface area contributed by atoms with Gasteiger partial charge >= 0.3 is 0 Å². The highest BCUT2D eigenvalue weighted by molar-refractivity contribution is 6.03. The second-order valence-electron chi connectivity index (χ2n) is 7.10. The number of nitrogens with zero attached hydrogens (tertiary/aromatic N) is 3.